The number of carbonyl (C=O) groups excluding carboxylic acids is 2. The van der Waals surface area contributed by atoms with Crippen molar-refractivity contribution in [2.45, 2.75) is 51.6 Å². The summed E-state index contributed by atoms with van der Waals surface area (Å²) in [6.45, 7) is 2.24. The summed E-state index contributed by atoms with van der Waals surface area (Å²) >= 11 is 0. The zero-order chi connectivity index (χ0) is 21.3. The summed E-state index contributed by atoms with van der Waals surface area (Å²) in [5, 5.41) is 3.03. The maximum atomic E-state index is 13.3. The molecule has 0 saturated heterocycles. The second kappa shape index (κ2) is 10.7. The SMILES string of the molecule is CC(=O)N(Cc1ccc(F)cc1)C(C(=O)NCCC1=CCCCC1)c1ccccc1. The Morgan fingerprint density at radius 2 is 1.80 bits per heavy atom. The van der Waals surface area contributed by atoms with Crippen LogP contribution in [0.3, 0.4) is 0 Å². The van der Waals surface area contributed by atoms with Gasteiger partial charge in [-0.05, 0) is 55.4 Å². The summed E-state index contributed by atoms with van der Waals surface area (Å²) in [4.78, 5) is 27.2. The van der Waals surface area contributed by atoms with Crippen molar-refractivity contribution in [1.29, 1.82) is 0 Å². The van der Waals surface area contributed by atoms with Crippen LogP contribution >= 0.6 is 0 Å². The molecule has 0 aromatic heterocycles. The molecule has 0 radical (unpaired) electrons. The first kappa shape index (κ1) is 21.8. The van der Waals surface area contributed by atoms with Crippen molar-refractivity contribution >= 4 is 11.8 Å². The second-order valence-corrected chi connectivity index (χ2v) is 7.74. The van der Waals surface area contributed by atoms with Crippen LogP contribution in [0.25, 0.3) is 0 Å². The predicted octanol–water partition coefficient (Wildman–Crippen LogP) is 4.92. The van der Waals surface area contributed by atoms with Crippen molar-refractivity contribution in [2.75, 3.05) is 6.54 Å². The fourth-order valence-corrected chi connectivity index (χ4v) is 3.85. The molecular formula is C25H29FN2O2. The summed E-state index contributed by atoms with van der Waals surface area (Å²) in [6.07, 6.45) is 7.78. The molecule has 2 aromatic rings. The van der Waals surface area contributed by atoms with Crippen LogP contribution in [0.2, 0.25) is 0 Å². The van der Waals surface area contributed by atoms with Crippen molar-refractivity contribution in [3.63, 3.8) is 0 Å². The Kier molecular flexibility index (Phi) is 7.77. The van der Waals surface area contributed by atoms with Crippen LogP contribution in [-0.4, -0.2) is 23.3 Å². The third kappa shape index (κ3) is 6.02. The van der Waals surface area contributed by atoms with Crippen LogP contribution in [0, 0.1) is 5.82 Å². The minimum atomic E-state index is -0.742. The zero-order valence-electron chi connectivity index (χ0n) is 17.4. The molecule has 0 fully saturated rings. The van der Waals surface area contributed by atoms with E-state index < -0.39 is 6.04 Å². The molecule has 1 atom stereocenters. The molecule has 2 aromatic carbocycles. The average Bonchev–Trinajstić information content (AvgIpc) is 2.76. The van der Waals surface area contributed by atoms with Crippen LogP contribution in [0.4, 0.5) is 4.39 Å². The Hall–Kier alpha value is -2.95. The first-order valence-corrected chi connectivity index (χ1v) is 10.6. The van der Waals surface area contributed by atoms with E-state index in [1.165, 1.54) is 42.4 Å². The number of rotatable bonds is 8. The lowest BCUT2D eigenvalue weighted by Crippen LogP contribution is -2.42. The molecule has 2 amide bonds. The minimum Gasteiger partial charge on any atom is -0.354 e. The fraction of sp³-hybridized carbons (Fsp3) is 0.360. The van der Waals surface area contributed by atoms with Gasteiger partial charge in [0.05, 0.1) is 0 Å². The molecule has 3 rings (SSSR count). The van der Waals surface area contributed by atoms with Gasteiger partial charge in [-0.1, -0.05) is 54.1 Å². The van der Waals surface area contributed by atoms with E-state index >= 15 is 0 Å². The van der Waals surface area contributed by atoms with Crippen molar-refractivity contribution in [3.05, 3.63) is 83.2 Å². The number of benzene rings is 2. The average molecular weight is 409 g/mol. The molecule has 1 unspecified atom stereocenters. The number of halogens is 1. The molecule has 1 aliphatic carbocycles. The Balaban J connectivity index is 1.77. The quantitative estimate of drug-likeness (QED) is 0.630. The third-order valence-electron chi connectivity index (χ3n) is 5.48. The highest BCUT2D eigenvalue weighted by Gasteiger charge is 2.29. The van der Waals surface area contributed by atoms with Gasteiger partial charge in [-0.3, -0.25) is 9.59 Å². The number of nitrogens with zero attached hydrogens (tertiary/aromatic N) is 1. The molecule has 158 valence electrons. The molecule has 4 nitrogen and oxygen atoms in total. The maximum Gasteiger partial charge on any atom is 0.247 e. The number of hydrogen-bond donors (Lipinski definition) is 1. The minimum absolute atomic E-state index is 0.199. The zero-order valence-corrected chi connectivity index (χ0v) is 17.4. The van der Waals surface area contributed by atoms with E-state index in [0.29, 0.717) is 6.54 Å². The van der Waals surface area contributed by atoms with Crippen LogP contribution in [-0.2, 0) is 16.1 Å². The van der Waals surface area contributed by atoms with Crippen LogP contribution in [0.5, 0.6) is 0 Å². The largest absolute Gasteiger partial charge is 0.354 e. The summed E-state index contributed by atoms with van der Waals surface area (Å²) in [7, 11) is 0. The molecular weight excluding hydrogens is 379 g/mol. The predicted molar refractivity (Wildman–Crippen MR) is 116 cm³/mol. The standard InChI is InChI=1S/C25H29FN2O2/c1-19(29)28(18-21-12-14-23(26)15-13-21)24(22-10-6-3-7-11-22)25(30)27-17-16-20-8-4-2-5-9-20/h3,6-8,10-15,24H,2,4-5,9,16-18H2,1H3,(H,27,30). The van der Waals surface area contributed by atoms with Gasteiger partial charge >= 0.3 is 0 Å². The molecule has 0 heterocycles. The first-order valence-electron chi connectivity index (χ1n) is 10.6. The Morgan fingerprint density at radius 1 is 1.07 bits per heavy atom. The molecule has 5 heteroatoms. The molecule has 0 aliphatic heterocycles. The van der Waals surface area contributed by atoms with Crippen LogP contribution in [0.1, 0.15) is 56.2 Å². The van der Waals surface area contributed by atoms with Crippen molar-refractivity contribution in [2.24, 2.45) is 0 Å². The lowest BCUT2D eigenvalue weighted by Gasteiger charge is -2.30. The summed E-state index contributed by atoms with van der Waals surface area (Å²) in [6, 6.07) is 14.6. The molecule has 1 N–H and O–H groups in total. The highest BCUT2D eigenvalue weighted by atomic mass is 19.1. The van der Waals surface area contributed by atoms with Crippen LogP contribution in [0.15, 0.2) is 66.2 Å². The lowest BCUT2D eigenvalue weighted by atomic mass is 9.97. The fourth-order valence-electron chi connectivity index (χ4n) is 3.85. The van der Waals surface area contributed by atoms with E-state index in [1.807, 2.05) is 30.3 Å². The lowest BCUT2D eigenvalue weighted by molar-refractivity contribution is -0.140. The monoisotopic (exact) mass is 408 g/mol. The molecule has 0 saturated carbocycles. The smallest absolute Gasteiger partial charge is 0.247 e. The van der Waals surface area contributed by atoms with Crippen molar-refractivity contribution < 1.29 is 14.0 Å². The first-order chi connectivity index (χ1) is 14.5. The van der Waals surface area contributed by atoms with E-state index in [-0.39, 0.29) is 24.2 Å². The summed E-state index contributed by atoms with van der Waals surface area (Å²) in [5.41, 5.74) is 2.92. The van der Waals surface area contributed by atoms with E-state index in [2.05, 4.69) is 11.4 Å². The van der Waals surface area contributed by atoms with Gasteiger partial charge < -0.3 is 10.2 Å². The van der Waals surface area contributed by atoms with Gasteiger partial charge in [0.25, 0.3) is 0 Å². The van der Waals surface area contributed by atoms with Crippen LogP contribution < -0.4 is 5.32 Å². The number of allylic oxidation sites excluding steroid dienone is 1. The van der Waals surface area contributed by atoms with E-state index in [9.17, 15) is 14.0 Å². The van der Waals surface area contributed by atoms with Crippen molar-refractivity contribution in [1.82, 2.24) is 10.2 Å². The highest BCUT2D eigenvalue weighted by molar-refractivity contribution is 5.88. The Bertz CT molecular complexity index is 878. The van der Waals surface area contributed by atoms with E-state index in [4.69, 9.17) is 0 Å². The summed E-state index contributed by atoms with van der Waals surface area (Å²) < 4.78 is 13.3. The Labute approximate surface area is 177 Å². The number of nitrogens with one attached hydrogen (secondary N) is 1. The van der Waals surface area contributed by atoms with Gasteiger partial charge in [-0.25, -0.2) is 4.39 Å². The van der Waals surface area contributed by atoms with Gasteiger partial charge in [0.15, 0.2) is 0 Å². The van der Waals surface area contributed by atoms with E-state index in [1.54, 1.807) is 12.1 Å². The maximum absolute atomic E-state index is 13.3. The molecule has 0 bridgehead atoms. The molecule has 30 heavy (non-hydrogen) atoms. The number of hydrogen-bond acceptors (Lipinski definition) is 2. The topological polar surface area (TPSA) is 49.4 Å². The van der Waals surface area contributed by atoms with Gasteiger partial charge in [0, 0.05) is 20.0 Å². The molecule has 0 spiro atoms. The highest BCUT2D eigenvalue weighted by Crippen LogP contribution is 2.24. The second-order valence-electron chi connectivity index (χ2n) is 7.74. The van der Waals surface area contributed by atoms with Gasteiger partial charge in [0.1, 0.15) is 11.9 Å². The third-order valence-corrected chi connectivity index (χ3v) is 5.48. The van der Waals surface area contributed by atoms with Gasteiger partial charge in [0.2, 0.25) is 11.8 Å². The summed E-state index contributed by atoms with van der Waals surface area (Å²) in [5.74, 6) is -0.740. The number of amides is 2. The van der Waals surface area contributed by atoms with Gasteiger partial charge in [-0.15, -0.1) is 0 Å². The number of carbonyl (C=O) groups is 2. The Morgan fingerprint density at radius 3 is 2.43 bits per heavy atom. The van der Waals surface area contributed by atoms with Crippen molar-refractivity contribution in [3.8, 4) is 0 Å². The van der Waals surface area contributed by atoms with E-state index in [0.717, 1.165) is 30.4 Å². The normalized spacial score (nSPS) is 14.5. The molecule has 1 aliphatic rings. The van der Waals surface area contributed by atoms with Gasteiger partial charge in [-0.2, -0.15) is 0 Å².